The Balaban J connectivity index is 1.60. The molecule has 2 heterocycles. The van der Waals surface area contributed by atoms with E-state index in [2.05, 4.69) is 15.3 Å². The number of anilines is 2. The summed E-state index contributed by atoms with van der Waals surface area (Å²) in [6, 6.07) is 18.5. The SMILES string of the molecule is CS(=O)(=O)Cc1ccc(Nc2nc(Oc3ccccc3)c3sccc3n2)cc1. The van der Waals surface area contributed by atoms with Gasteiger partial charge in [0.25, 0.3) is 0 Å². The molecule has 2 aromatic heterocycles. The maximum atomic E-state index is 11.4. The molecule has 0 saturated carbocycles. The normalized spacial score (nSPS) is 11.5. The molecule has 4 rings (SSSR count). The molecular formula is C20H17N3O3S2. The molecule has 0 amide bonds. The monoisotopic (exact) mass is 411 g/mol. The quantitative estimate of drug-likeness (QED) is 0.492. The molecule has 0 aliphatic rings. The van der Waals surface area contributed by atoms with Crippen molar-refractivity contribution < 1.29 is 13.2 Å². The van der Waals surface area contributed by atoms with Crippen LogP contribution in [0.25, 0.3) is 10.2 Å². The van der Waals surface area contributed by atoms with Crippen LogP contribution in [-0.2, 0) is 15.6 Å². The molecule has 1 N–H and O–H groups in total. The van der Waals surface area contributed by atoms with Gasteiger partial charge in [-0.15, -0.1) is 11.3 Å². The second-order valence-corrected chi connectivity index (χ2v) is 9.35. The van der Waals surface area contributed by atoms with E-state index < -0.39 is 9.84 Å². The summed E-state index contributed by atoms with van der Waals surface area (Å²) in [5.41, 5.74) is 2.29. The third-order valence-corrected chi connectivity index (χ3v) is 5.62. The lowest BCUT2D eigenvalue weighted by atomic mass is 10.2. The highest BCUT2D eigenvalue weighted by atomic mass is 32.2. The lowest BCUT2D eigenvalue weighted by Crippen LogP contribution is -2.01. The fourth-order valence-electron chi connectivity index (χ4n) is 2.68. The van der Waals surface area contributed by atoms with Crippen molar-refractivity contribution in [3.63, 3.8) is 0 Å². The summed E-state index contributed by atoms with van der Waals surface area (Å²) in [5, 5.41) is 5.10. The molecule has 6 nitrogen and oxygen atoms in total. The van der Waals surface area contributed by atoms with Gasteiger partial charge in [-0.05, 0) is 41.3 Å². The van der Waals surface area contributed by atoms with Crippen LogP contribution in [0.1, 0.15) is 5.56 Å². The van der Waals surface area contributed by atoms with Gasteiger partial charge >= 0.3 is 0 Å². The standard InChI is InChI=1S/C20H17N3O3S2/c1-28(24,25)13-14-7-9-15(10-8-14)21-20-22-17-11-12-27-18(17)19(23-20)26-16-5-3-2-4-6-16/h2-12H,13H2,1H3,(H,21,22,23). The first-order chi connectivity index (χ1) is 13.5. The maximum Gasteiger partial charge on any atom is 0.242 e. The van der Waals surface area contributed by atoms with E-state index in [1.54, 1.807) is 24.3 Å². The highest BCUT2D eigenvalue weighted by molar-refractivity contribution is 7.89. The molecule has 142 valence electrons. The Kier molecular flexibility index (Phi) is 4.97. The summed E-state index contributed by atoms with van der Waals surface area (Å²) in [6.45, 7) is 0. The molecule has 0 unspecified atom stereocenters. The summed E-state index contributed by atoms with van der Waals surface area (Å²) in [4.78, 5) is 9.04. The fourth-order valence-corrected chi connectivity index (χ4v) is 4.23. The van der Waals surface area contributed by atoms with E-state index in [0.29, 0.717) is 17.6 Å². The molecule has 0 aliphatic heterocycles. The second kappa shape index (κ2) is 7.57. The van der Waals surface area contributed by atoms with E-state index in [1.165, 1.54) is 17.6 Å². The van der Waals surface area contributed by atoms with Gasteiger partial charge in [0.2, 0.25) is 11.8 Å². The summed E-state index contributed by atoms with van der Waals surface area (Å²) >= 11 is 1.52. The summed E-state index contributed by atoms with van der Waals surface area (Å²) in [5.74, 6) is 1.61. The Hall–Kier alpha value is -2.97. The van der Waals surface area contributed by atoms with Crippen LogP contribution < -0.4 is 10.1 Å². The van der Waals surface area contributed by atoms with Crippen LogP contribution in [0.4, 0.5) is 11.6 Å². The number of hydrogen-bond donors (Lipinski definition) is 1. The summed E-state index contributed by atoms with van der Waals surface area (Å²) in [6.07, 6.45) is 1.22. The molecule has 28 heavy (non-hydrogen) atoms. The molecule has 0 bridgehead atoms. The molecule has 0 fully saturated rings. The van der Waals surface area contributed by atoms with Crippen molar-refractivity contribution in [2.45, 2.75) is 5.75 Å². The molecule has 0 atom stereocenters. The van der Waals surface area contributed by atoms with E-state index in [4.69, 9.17) is 4.74 Å². The topological polar surface area (TPSA) is 81.2 Å². The molecular weight excluding hydrogens is 394 g/mol. The Morgan fingerprint density at radius 1 is 1.00 bits per heavy atom. The predicted octanol–water partition coefficient (Wildman–Crippen LogP) is 4.77. The lowest BCUT2D eigenvalue weighted by Gasteiger charge is -2.10. The number of nitrogens with one attached hydrogen (secondary N) is 1. The fraction of sp³-hybridized carbons (Fsp3) is 0.100. The first kappa shape index (κ1) is 18.4. The Morgan fingerprint density at radius 2 is 1.75 bits per heavy atom. The summed E-state index contributed by atoms with van der Waals surface area (Å²) < 4.78 is 29.7. The molecule has 0 aliphatic carbocycles. The lowest BCUT2D eigenvalue weighted by molar-refractivity contribution is 0.470. The number of benzene rings is 2. The first-order valence-electron chi connectivity index (χ1n) is 8.48. The van der Waals surface area contributed by atoms with Gasteiger partial charge in [0.15, 0.2) is 9.84 Å². The summed E-state index contributed by atoms with van der Waals surface area (Å²) in [7, 11) is -3.06. The molecule has 8 heteroatoms. The van der Waals surface area contributed by atoms with E-state index in [-0.39, 0.29) is 5.75 Å². The van der Waals surface area contributed by atoms with Crippen LogP contribution in [0.5, 0.6) is 11.6 Å². The Morgan fingerprint density at radius 3 is 2.46 bits per heavy atom. The average Bonchev–Trinajstić information content (AvgIpc) is 3.12. The number of aromatic nitrogens is 2. The van der Waals surface area contributed by atoms with Crippen molar-refractivity contribution in [1.82, 2.24) is 9.97 Å². The van der Waals surface area contributed by atoms with Crippen LogP contribution in [0.15, 0.2) is 66.0 Å². The van der Waals surface area contributed by atoms with Crippen LogP contribution in [0.2, 0.25) is 0 Å². The van der Waals surface area contributed by atoms with Crippen LogP contribution in [-0.4, -0.2) is 24.6 Å². The number of para-hydroxylation sites is 1. The van der Waals surface area contributed by atoms with Gasteiger partial charge in [0.05, 0.1) is 11.3 Å². The zero-order valence-corrected chi connectivity index (χ0v) is 16.6. The van der Waals surface area contributed by atoms with Crippen molar-refractivity contribution in [2.75, 3.05) is 11.6 Å². The van der Waals surface area contributed by atoms with E-state index in [1.807, 2.05) is 41.8 Å². The molecule has 0 radical (unpaired) electrons. The number of hydrogen-bond acceptors (Lipinski definition) is 7. The van der Waals surface area contributed by atoms with Crippen molar-refractivity contribution in [3.8, 4) is 11.6 Å². The molecule has 0 saturated heterocycles. The van der Waals surface area contributed by atoms with Gasteiger partial charge < -0.3 is 10.1 Å². The van der Waals surface area contributed by atoms with E-state index in [9.17, 15) is 8.42 Å². The highest BCUT2D eigenvalue weighted by Gasteiger charge is 2.12. The van der Waals surface area contributed by atoms with Crippen molar-refractivity contribution in [2.24, 2.45) is 0 Å². The number of thiophene rings is 1. The maximum absolute atomic E-state index is 11.4. The van der Waals surface area contributed by atoms with Crippen molar-refractivity contribution >= 4 is 43.0 Å². The number of ether oxygens (including phenoxy) is 1. The zero-order chi connectivity index (χ0) is 19.6. The third kappa shape index (κ3) is 4.47. The Bertz CT molecular complexity index is 1200. The van der Waals surface area contributed by atoms with Gasteiger partial charge in [-0.3, -0.25) is 0 Å². The minimum absolute atomic E-state index is 0.0136. The Labute approximate surface area is 166 Å². The van der Waals surface area contributed by atoms with Crippen LogP contribution >= 0.6 is 11.3 Å². The van der Waals surface area contributed by atoms with Crippen molar-refractivity contribution in [1.29, 1.82) is 0 Å². The average molecular weight is 412 g/mol. The van der Waals surface area contributed by atoms with Crippen LogP contribution in [0, 0.1) is 0 Å². The van der Waals surface area contributed by atoms with Gasteiger partial charge in [-0.1, -0.05) is 30.3 Å². The number of nitrogens with zero attached hydrogens (tertiary/aromatic N) is 2. The predicted molar refractivity (Wildman–Crippen MR) is 112 cm³/mol. The minimum Gasteiger partial charge on any atom is -0.437 e. The largest absolute Gasteiger partial charge is 0.437 e. The van der Waals surface area contributed by atoms with Gasteiger partial charge in [0, 0.05) is 11.9 Å². The number of sulfone groups is 1. The van der Waals surface area contributed by atoms with Gasteiger partial charge in [-0.2, -0.15) is 4.98 Å². The smallest absolute Gasteiger partial charge is 0.242 e. The minimum atomic E-state index is -3.06. The molecule has 0 spiro atoms. The van der Waals surface area contributed by atoms with Crippen LogP contribution in [0.3, 0.4) is 0 Å². The number of rotatable bonds is 6. The highest BCUT2D eigenvalue weighted by Crippen LogP contribution is 2.32. The first-order valence-corrected chi connectivity index (χ1v) is 11.4. The van der Waals surface area contributed by atoms with Gasteiger partial charge in [0.1, 0.15) is 10.4 Å². The molecule has 4 aromatic rings. The van der Waals surface area contributed by atoms with Crippen molar-refractivity contribution in [3.05, 3.63) is 71.6 Å². The molecule has 2 aromatic carbocycles. The van der Waals surface area contributed by atoms with E-state index in [0.717, 1.165) is 21.5 Å². The third-order valence-electron chi connectivity index (χ3n) is 3.87. The zero-order valence-electron chi connectivity index (χ0n) is 15.0. The second-order valence-electron chi connectivity index (χ2n) is 6.29. The number of fused-ring (bicyclic) bond motifs is 1. The van der Waals surface area contributed by atoms with Gasteiger partial charge in [-0.25, -0.2) is 13.4 Å². The van der Waals surface area contributed by atoms with E-state index >= 15 is 0 Å².